The van der Waals surface area contributed by atoms with Crippen molar-refractivity contribution in [1.82, 2.24) is 5.48 Å². The Balaban J connectivity index is 2.18. The number of nitrogens with one attached hydrogen (secondary N) is 1. The minimum atomic E-state index is 0.716. The monoisotopic (exact) mass is 143 g/mol. The highest BCUT2D eigenvalue weighted by atomic mass is 16.5. The fourth-order valence-electron chi connectivity index (χ4n) is 1.87. The first kappa shape index (κ1) is 8.02. The van der Waals surface area contributed by atoms with Gasteiger partial charge in [0.15, 0.2) is 0 Å². The summed E-state index contributed by atoms with van der Waals surface area (Å²) in [6.07, 6.45) is 5.29. The fraction of sp³-hybridized carbons (Fsp3) is 1.00. The van der Waals surface area contributed by atoms with E-state index in [9.17, 15) is 0 Å². The summed E-state index contributed by atoms with van der Waals surface area (Å²) in [6.45, 7) is 3.08. The molecule has 1 saturated carbocycles. The maximum atomic E-state index is 8.45. The Morgan fingerprint density at radius 2 is 2.30 bits per heavy atom. The third-order valence-electron chi connectivity index (χ3n) is 2.42. The second-order valence-corrected chi connectivity index (χ2v) is 3.50. The lowest BCUT2D eigenvalue weighted by Gasteiger charge is -2.25. The first-order valence-corrected chi connectivity index (χ1v) is 4.20. The van der Waals surface area contributed by atoms with E-state index in [2.05, 4.69) is 12.4 Å². The molecule has 0 aliphatic heterocycles. The van der Waals surface area contributed by atoms with E-state index < -0.39 is 0 Å². The largest absolute Gasteiger partial charge is 0.317 e. The molecular weight excluding hydrogens is 126 g/mol. The lowest BCUT2D eigenvalue weighted by molar-refractivity contribution is 0.130. The van der Waals surface area contributed by atoms with E-state index in [0.717, 1.165) is 12.5 Å². The molecule has 60 valence electrons. The minimum Gasteiger partial charge on any atom is -0.317 e. The van der Waals surface area contributed by atoms with Crippen LogP contribution >= 0.6 is 0 Å². The molecular formula is C8H17NO. The molecule has 0 saturated heterocycles. The average Bonchev–Trinajstić information content (AvgIpc) is 1.88. The van der Waals surface area contributed by atoms with Crippen LogP contribution in [0.3, 0.4) is 0 Å². The number of hydrogen-bond donors (Lipinski definition) is 2. The van der Waals surface area contributed by atoms with E-state index >= 15 is 0 Å². The standard InChI is InChI=1S/C8H17NO/c1-7-3-2-4-8(5-7)6-9-10/h7-10H,2-6H2,1H3. The Bertz CT molecular complexity index is 93.3. The van der Waals surface area contributed by atoms with Crippen molar-refractivity contribution in [2.24, 2.45) is 11.8 Å². The lowest BCUT2D eigenvalue weighted by atomic mass is 9.83. The molecule has 10 heavy (non-hydrogen) atoms. The van der Waals surface area contributed by atoms with Crippen molar-refractivity contribution in [1.29, 1.82) is 0 Å². The van der Waals surface area contributed by atoms with Gasteiger partial charge in [0.05, 0.1) is 0 Å². The molecule has 0 radical (unpaired) electrons. The molecule has 2 nitrogen and oxygen atoms in total. The van der Waals surface area contributed by atoms with Gasteiger partial charge in [-0.3, -0.25) is 0 Å². The third-order valence-corrected chi connectivity index (χ3v) is 2.42. The van der Waals surface area contributed by atoms with E-state index in [0.29, 0.717) is 5.92 Å². The van der Waals surface area contributed by atoms with Crippen LogP contribution in [0.1, 0.15) is 32.6 Å². The molecule has 0 amide bonds. The number of rotatable bonds is 2. The Hall–Kier alpha value is -0.0800. The highest BCUT2D eigenvalue weighted by Crippen LogP contribution is 2.27. The highest BCUT2D eigenvalue weighted by molar-refractivity contribution is 4.70. The summed E-state index contributed by atoms with van der Waals surface area (Å²) < 4.78 is 0. The average molecular weight is 143 g/mol. The van der Waals surface area contributed by atoms with Gasteiger partial charge in [-0.2, -0.15) is 0 Å². The van der Waals surface area contributed by atoms with Crippen LogP contribution in [0.2, 0.25) is 0 Å². The van der Waals surface area contributed by atoms with Gasteiger partial charge in [0.1, 0.15) is 0 Å². The Morgan fingerprint density at radius 3 is 2.90 bits per heavy atom. The van der Waals surface area contributed by atoms with Crippen molar-refractivity contribution in [3.05, 3.63) is 0 Å². The maximum Gasteiger partial charge on any atom is 0.0235 e. The quantitative estimate of drug-likeness (QED) is 0.578. The summed E-state index contributed by atoms with van der Waals surface area (Å²) in [5, 5.41) is 8.45. The Labute approximate surface area is 62.6 Å². The van der Waals surface area contributed by atoms with Gasteiger partial charge >= 0.3 is 0 Å². The Kier molecular flexibility index (Phi) is 3.16. The number of hydrogen-bond acceptors (Lipinski definition) is 2. The van der Waals surface area contributed by atoms with E-state index in [1.807, 2.05) is 0 Å². The zero-order valence-corrected chi connectivity index (χ0v) is 6.64. The third kappa shape index (κ3) is 2.27. The predicted octanol–water partition coefficient (Wildman–Crippen LogP) is 1.79. The van der Waals surface area contributed by atoms with Crippen LogP contribution < -0.4 is 5.48 Å². The van der Waals surface area contributed by atoms with Gasteiger partial charge in [-0.15, -0.1) is 0 Å². The van der Waals surface area contributed by atoms with Crippen LogP contribution in [0.5, 0.6) is 0 Å². The van der Waals surface area contributed by atoms with E-state index in [-0.39, 0.29) is 0 Å². The van der Waals surface area contributed by atoms with Crippen molar-refractivity contribution < 1.29 is 5.21 Å². The molecule has 0 aromatic heterocycles. The molecule has 2 unspecified atom stereocenters. The van der Waals surface area contributed by atoms with Gasteiger partial charge in [0.2, 0.25) is 0 Å². The van der Waals surface area contributed by atoms with Crippen LogP contribution in [0.4, 0.5) is 0 Å². The SMILES string of the molecule is CC1CCCC(CNO)C1. The molecule has 1 rings (SSSR count). The molecule has 1 fully saturated rings. The molecule has 0 aromatic carbocycles. The zero-order valence-electron chi connectivity index (χ0n) is 6.64. The Morgan fingerprint density at radius 1 is 1.50 bits per heavy atom. The van der Waals surface area contributed by atoms with Gasteiger partial charge in [-0.05, 0) is 24.7 Å². The van der Waals surface area contributed by atoms with Crippen molar-refractivity contribution in [3.8, 4) is 0 Å². The molecule has 1 aliphatic rings. The van der Waals surface area contributed by atoms with Crippen molar-refractivity contribution in [3.63, 3.8) is 0 Å². The first-order chi connectivity index (χ1) is 4.83. The predicted molar refractivity (Wildman–Crippen MR) is 40.9 cm³/mol. The maximum absolute atomic E-state index is 8.45. The zero-order chi connectivity index (χ0) is 7.40. The highest BCUT2D eigenvalue weighted by Gasteiger charge is 2.17. The van der Waals surface area contributed by atoms with Crippen LogP contribution in [-0.2, 0) is 0 Å². The minimum absolute atomic E-state index is 0.716. The van der Waals surface area contributed by atoms with Gasteiger partial charge in [-0.1, -0.05) is 19.8 Å². The lowest BCUT2D eigenvalue weighted by Crippen LogP contribution is -2.24. The first-order valence-electron chi connectivity index (χ1n) is 4.20. The van der Waals surface area contributed by atoms with Crippen LogP contribution in [-0.4, -0.2) is 11.8 Å². The summed E-state index contributed by atoms with van der Waals surface area (Å²) in [6, 6.07) is 0. The van der Waals surface area contributed by atoms with E-state index in [4.69, 9.17) is 5.21 Å². The summed E-state index contributed by atoms with van der Waals surface area (Å²) >= 11 is 0. The van der Waals surface area contributed by atoms with Crippen LogP contribution in [0.15, 0.2) is 0 Å². The topological polar surface area (TPSA) is 32.3 Å². The second-order valence-electron chi connectivity index (χ2n) is 3.50. The molecule has 2 heteroatoms. The van der Waals surface area contributed by atoms with Crippen molar-refractivity contribution in [2.45, 2.75) is 32.6 Å². The van der Waals surface area contributed by atoms with Crippen molar-refractivity contribution >= 4 is 0 Å². The summed E-state index contributed by atoms with van der Waals surface area (Å²) in [5.74, 6) is 1.58. The molecule has 0 spiro atoms. The van der Waals surface area contributed by atoms with Crippen LogP contribution in [0.25, 0.3) is 0 Å². The van der Waals surface area contributed by atoms with Gasteiger partial charge in [-0.25, -0.2) is 5.48 Å². The molecule has 1 aliphatic carbocycles. The molecule has 0 aromatic rings. The molecule has 2 N–H and O–H groups in total. The molecule has 2 atom stereocenters. The molecule has 0 heterocycles. The van der Waals surface area contributed by atoms with E-state index in [1.54, 1.807) is 0 Å². The fourth-order valence-corrected chi connectivity index (χ4v) is 1.87. The smallest absolute Gasteiger partial charge is 0.0235 e. The van der Waals surface area contributed by atoms with Gasteiger partial charge in [0.25, 0.3) is 0 Å². The van der Waals surface area contributed by atoms with Gasteiger partial charge in [0, 0.05) is 6.54 Å². The summed E-state index contributed by atoms with van der Waals surface area (Å²) in [5.41, 5.74) is 2.26. The second kappa shape index (κ2) is 3.94. The normalized spacial score (nSPS) is 34.2. The van der Waals surface area contributed by atoms with Crippen LogP contribution in [0, 0.1) is 11.8 Å². The molecule has 0 bridgehead atoms. The van der Waals surface area contributed by atoms with E-state index in [1.165, 1.54) is 25.7 Å². The van der Waals surface area contributed by atoms with Crippen molar-refractivity contribution in [2.75, 3.05) is 6.54 Å². The van der Waals surface area contributed by atoms with Gasteiger partial charge < -0.3 is 5.21 Å². The summed E-state index contributed by atoms with van der Waals surface area (Å²) in [7, 11) is 0. The number of hydroxylamine groups is 1. The summed E-state index contributed by atoms with van der Waals surface area (Å²) in [4.78, 5) is 0.